The first-order valence-electron chi connectivity index (χ1n) is 6.17. The highest BCUT2D eigenvalue weighted by Crippen LogP contribution is 2.19. The van der Waals surface area contributed by atoms with Gasteiger partial charge in [0, 0.05) is 0 Å². The Kier molecular flexibility index (Phi) is 4.42. The van der Waals surface area contributed by atoms with Gasteiger partial charge in [0.2, 0.25) is 9.04 Å². The maximum absolute atomic E-state index is 5.72. The van der Waals surface area contributed by atoms with Gasteiger partial charge < -0.3 is 9.16 Å². The van der Waals surface area contributed by atoms with Crippen molar-refractivity contribution in [2.75, 3.05) is 0 Å². The predicted octanol–water partition coefficient (Wildman–Crippen LogP) is 3.63. The van der Waals surface area contributed by atoms with E-state index >= 15 is 0 Å². The second kappa shape index (κ2) is 6.26. The molecular formula is C15H18O2Si. The summed E-state index contributed by atoms with van der Waals surface area (Å²) >= 11 is 0. The van der Waals surface area contributed by atoms with E-state index in [9.17, 15) is 0 Å². The lowest BCUT2D eigenvalue weighted by molar-refractivity contribution is 0.306. The van der Waals surface area contributed by atoms with Gasteiger partial charge in [0.1, 0.15) is 18.1 Å². The molecular weight excluding hydrogens is 240 g/mol. The molecule has 0 spiro atoms. The maximum atomic E-state index is 5.72. The molecule has 0 aliphatic heterocycles. The lowest BCUT2D eigenvalue weighted by Gasteiger charge is -2.10. The van der Waals surface area contributed by atoms with Gasteiger partial charge in [-0.2, -0.15) is 0 Å². The summed E-state index contributed by atoms with van der Waals surface area (Å²) in [6, 6.07) is 18.0. The smallest absolute Gasteiger partial charge is 0.229 e. The standard InChI is InChI=1S/C15H18O2Si/c1-18(2)17-15-10-8-14(9-11-15)16-12-13-6-4-3-5-7-13/h3-11,18H,12H2,1-2H3. The Morgan fingerprint density at radius 1 is 0.833 bits per heavy atom. The number of ether oxygens (including phenoxy) is 1. The van der Waals surface area contributed by atoms with E-state index in [1.54, 1.807) is 0 Å². The zero-order valence-electron chi connectivity index (χ0n) is 10.8. The highest BCUT2D eigenvalue weighted by molar-refractivity contribution is 6.49. The Bertz CT molecular complexity index is 466. The highest BCUT2D eigenvalue weighted by Gasteiger charge is 2.00. The van der Waals surface area contributed by atoms with Crippen LogP contribution in [-0.4, -0.2) is 9.04 Å². The molecule has 0 fully saturated rings. The van der Waals surface area contributed by atoms with Crippen molar-refractivity contribution in [1.82, 2.24) is 0 Å². The third-order valence-electron chi connectivity index (χ3n) is 2.44. The van der Waals surface area contributed by atoms with Crippen molar-refractivity contribution < 1.29 is 9.16 Å². The topological polar surface area (TPSA) is 18.5 Å². The Morgan fingerprint density at radius 2 is 1.44 bits per heavy atom. The van der Waals surface area contributed by atoms with Crippen LogP contribution in [0.3, 0.4) is 0 Å². The first-order chi connectivity index (χ1) is 8.74. The van der Waals surface area contributed by atoms with Gasteiger partial charge in [-0.3, -0.25) is 0 Å². The first-order valence-corrected chi connectivity index (χ1v) is 8.95. The van der Waals surface area contributed by atoms with Crippen molar-refractivity contribution in [1.29, 1.82) is 0 Å². The van der Waals surface area contributed by atoms with Gasteiger partial charge in [-0.15, -0.1) is 0 Å². The molecule has 0 amide bonds. The highest BCUT2D eigenvalue weighted by atomic mass is 28.3. The molecule has 0 saturated heterocycles. The van der Waals surface area contributed by atoms with E-state index in [0.717, 1.165) is 11.5 Å². The molecule has 0 aromatic heterocycles. The minimum absolute atomic E-state index is 0.597. The normalized spacial score (nSPS) is 10.4. The summed E-state index contributed by atoms with van der Waals surface area (Å²) in [5, 5.41) is 0. The second-order valence-corrected chi connectivity index (χ2v) is 6.75. The number of hydrogen-bond acceptors (Lipinski definition) is 2. The van der Waals surface area contributed by atoms with Gasteiger partial charge in [-0.1, -0.05) is 30.3 Å². The molecule has 3 heteroatoms. The van der Waals surface area contributed by atoms with Crippen molar-refractivity contribution in [3.63, 3.8) is 0 Å². The fourth-order valence-electron chi connectivity index (χ4n) is 1.63. The molecule has 0 saturated carbocycles. The molecule has 2 nitrogen and oxygen atoms in total. The molecule has 0 unspecified atom stereocenters. The third kappa shape index (κ3) is 3.93. The van der Waals surface area contributed by atoms with Gasteiger partial charge >= 0.3 is 0 Å². The Balaban J connectivity index is 1.90. The van der Waals surface area contributed by atoms with Crippen molar-refractivity contribution in [3.8, 4) is 11.5 Å². The SMILES string of the molecule is C[SiH](C)Oc1ccc(OCc2ccccc2)cc1. The number of benzene rings is 2. The zero-order valence-corrected chi connectivity index (χ0v) is 12.0. The van der Waals surface area contributed by atoms with E-state index in [1.165, 1.54) is 5.56 Å². The van der Waals surface area contributed by atoms with E-state index in [0.29, 0.717) is 6.61 Å². The van der Waals surface area contributed by atoms with Crippen molar-refractivity contribution >= 4 is 9.04 Å². The van der Waals surface area contributed by atoms with Crippen LogP contribution < -0.4 is 9.16 Å². The molecule has 0 heterocycles. The summed E-state index contributed by atoms with van der Waals surface area (Å²) in [6.07, 6.45) is 0. The van der Waals surface area contributed by atoms with Crippen LogP contribution in [0.4, 0.5) is 0 Å². The largest absolute Gasteiger partial charge is 0.547 e. The first kappa shape index (κ1) is 12.7. The van der Waals surface area contributed by atoms with Crippen LogP contribution in [-0.2, 0) is 6.61 Å². The molecule has 2 aromatic carbocycles. The summed E-state index contributed by atoms with van der Waals surface area (Å²) in [5.41, 5.74) is 1.17. The van der Waals surface area contributed by atoms with Gasteiger partial charge in [-0.25, -0.2) is 0 Å². The van der Waals surface area contributed by atoms with Gasteiger partial charge in [0.25, 0.3) is 0 Å². The van der Waals surface area contributed by atoms with E-state index in [2.05, 4.69) is 25.2 Å². The second-order valence-electron chi connectivity index (χ2n) is 4.41. The molecule has 0 aliphatic carbocycles. The summed E-state index contributed by atoms with van der Waals surface area (Å²) in [5.74, 6) is 1.81. The predicted molar refractivity (Wildman–Crippen MR) is 76.7 cm³/mol. The third-order valence-corrected chi connectivity index (χ3v) is 3.19. The summed E-state index contributed by atoms with van der Waals surface area (Å²) in [4.78, 5) is 0. The molecule has 2 aromatic rings. The quantitative estimate of drug-likeness (QED) is 0.762. The number of hydrogen-bond donors (Lipinski definition) is 0. The Hall–Kier alpha value is -1.74. The molecule has 0 N–H and O–H groups in total. The zero-order chi connectivity index (χ0) is 12.8. The van der Waals surface area contributed by atoms with Crippen LogP contribution in [0, 0.1) is 0 Å². The average molecular weight is 258 g/mol. The minimum atomic E-state index is -1.02. The molecule has 0 bridgehead atoms. The van der Waals surface area contributed by atoms with Crippen LogP contribution in [0.15, 0.2) is 54.6 Å². The van der Waals surface area contributed by atoms with E-state index in [1.807, 2.05) is 42.5 Å². The molecule has 18 heavy (non-hydrogen) atoms. The Labute approximate surface area is 110 Å². The van der Waals surface area contributed by atoms with Crippen molar-refractivity contribution in [2.45, 2.75) is 19.7 Å². The molecule has 0 aliphatic rings. The van der Waals surface area contributed by atoms with Crippen LogP contribution in [0.1, 0.15) is 5.56 Å². The fraction of sp³-hybridized carbons (Fsp3) is 0.200. The summed E-state index contributed by atoms with van der Waals surface area (Å²) in [6.45, 7) is 4.90. The van der Waals surface area contributed by atoms with E-state index < -0.39 is 9.04 Å². The van der Waals surface area contributed by atoms with Crippen molar-refractivity contribution in [2.24, 2.45) is 0 Å². The Morgan fingerprint density at radius 3 is 2.06 bits per heavy atom. The summed E-state index contributed by atoms with van der Waals surface area (Å²) in [7, 11) is -1.02. The monoisotopic (exact) mass is 258 g/mol. The molecule has 2 rings (SSSR count). The minimum Gasteiger partial charge on any atom is -0.547 e. The lowest BCUT2D eigenvalue weighted by Crippen LogP contribution is -2.10. The van der Waals surface area contributed by atoms with Crippen LogP contribution in [0.25, 0.3) is 0 Å². The summed E-state index contributed by atoms with van der Waals surface area (Å²) < 4.78 is 11.4. The lowest BCUT2D eigenvalue weighted by atomic mass is 10.2. The molecule has 0 atom stereocenters. The van der Waals surface area contributed by atoms with Crippen molar-refractivity contribution in [3.05, 3.63) is 60.2 Å². The van der Waals surface area contributed by atoms with Crippen LogP contribution in [0.5, 0.6) is 11.5 Å². The van der Waals surface area contributed by atoms with Gasteiger partial charge in [-0.05, 0) is 42.9 Å². The number of rotatable bonds is 5. The van der Waals surface area contributed by atoms with E-state index in [4.69, 9.17) is 9.16 Å². The molecule has 94 valence electrons. The van der Waals surface area contributed by atoms with Gasteiger partial charge in [0.05, 0.1) is 0 Å². The van der Waals surface area contributed by atoms with Crippen LogP contribution in [0.2, 0.25) is 13.1 Å². The average Bonchev–Trinajstić information content (AvgIpc) is 2.38. The molecule has 0 radical (unpaired) electrons. The van der Waals surface area contributed by atoms with E-state index in [-0.39, 0.29) is 0 Å². The maximum Gasteiger partial charge on any atom is 0.229 e. The fourth-order valence-corrected chi connectivity index (χ4v) is 2.33. The van der Waals surface area contributed by atoms with Crippen LogP contribution >= 0.6 is 0 Å². The van der Waals surface area contributed by atoms with Gasteiger partial charge in [0.15, 0.2) is 0 Å².